The fourth-order valence-corrected chi connectivity index (χ4v) is 5.94. The predicted molar refractivity (Wildman–Crippen MR) is 170 cm³/mol. The van der Waals surface area contributed by atoms with Crippen molar-refractivity contribution in [3.8, 4) is 0 Å². The number of amidine groups is 1. The van der Waals surface area contributed by atoms with Crippen LogP contribution in [0.1, 0.15) is 0 Å². The molecule has 0 saturated carbocycles. The minimum absolute atomic E-state index is 0. The Morgan fingerprint density at radius 1 is 0.941 bits per heavy atom. The number of rotatable bonds is 15. The van der Waals surface area contributed by atoms with Gasteiger partial charge < -0.3 is 30.8 Å². The fourth-order valence-electron chi connectivity index (χ4n) is 4.01. The molecule has 0 aliphatic rings. The molecule has 0 amide bonds. The first-order chi connectivity index (χ1) is 22.9. The van der Waals surface area contributed by atoms with Gasteiger partial charge in [-0.15, -0.1) is 5.11 Å². The van der Waals surface area contributed by atoms with Crippen LogP contribution in [0.25, 0.3) is 10.8 Å². The van der Waals surface area contributed by atoms with Gasteiger partial charge in [-0.2, -0.15) is 32.9 Å². The molecule has 4 aromatic rings. The molecule has 5 N–H and O–H groups in total. The average Bonchev–Trinajstić information content (AvgIpc) is 3.00. The Morgan fingerprint density at radius 3 is 2.29 bits per heavy atom. The molecule has 0 saturated heterocycles. The second kappa shape index (κ2) is 18.5. The molecule has 0 atom stereocenters. The van der Waals surface area contributed by atoms with Gasteiger partial charge in [0.2, 0.25) is 11.9 Å². The zero-order chi connectivity index (χ0) is 36.0. The summed E-state index contributed by atoms with van der Waals surface area (Å²) in [5.41, 5.74) is 4.75. The number of fused-ring (bicyclic) bond motifs is 1. The van der Waals surface area contributed by atoms with Gasteiger partial charge in [-0.1, -0.05) is 18.7 Å². The van der Waals surface area contributed by atoms with E-state index >= 15 is 0 Å². The van der Waals surface area contributed by atoms with Crippen molar-refractivity contribution >= 4 is 81.5 Å². The van der Waals surface area contributed by atoms with Crippen LogP contribution in [0.4, 0.5) is 39.0 Å². The zero-order valence-corrected chi connectivity index (χ0v) is 33.2. The maximum atomic E-state index is 14.1. The summed E-state index contributed by atoms with van der Waals surface area (Å²) in [7, 11) is -13.4. The number of benzene rings is 3. The molecule has 0 aliphatic carbocycles. The molecule has 0 bridgehead atoms. The van der Waals surface area contributed by atoms with Gasteiger partial charge in [-0.25, -0.2) is 21.8 Å². The van der Waals surface area contributed by atoms with Gasteiger partial charge in [-0.3, -0.25) is 4.55 Å². The minimum Gasteiger partial charge on any atom is -0.846 e. The van der Waals surface area contributed by atoms with Crippen LogP contribution in [0.5, 0.6) is 0 Å². The molecule has 25 heteroatoms. The van der Waals surface area contributed by atoms with Crippen molar-refractivity contribution in [3.63, 3.8) is 0 Å². The predicted octanol–water partition coefficient (Wildman–Crippen LogP) is -4.22. The van der Waals surface area contributed by atoms with Crippen LogP contribution in [-0.2, 0) is 34.8 Å². The van der Waals surface area contributed by atoms with Crippen LogP contribution in [-0.4, -0.2) is 80.8 Å². The first-order valence-corrected chi connectivity index (χ1v) is 17.9. The standard InChI is InChI=1S/C26H26FN9O10S3.2Na/c1-2-47(38,39)11-10-46-9-8-29-25-32-23(27)33-26(34-25)30-15-6-7-19(20(13-15)31-24(28)37)36-35-16-12-18-17(22(14-16)49(43,44)45)4-3-5-21(18)48(40,41)42;;/h2-7,12-14H,1,8-11H2,(H3,28,31,37)(H,40,41,42)(H,43,44,45)(H2,29,30,32,33,34);;/q;2*+1/p-2. The first-order valence-electron chi connectivity index (χ1n) is 13.4. The van der Waals surface area contributed by atoms with Crippen LogP contribution in [0, 0.1) is 6.08 Å². The number of aliphatic imine (C=N–C) groups is 1. The van der Waals surface area contributed by atoms with Gasteiger partial charge >= 0.3 is 65.2 Å². The minimum atomic E-state index is -5.09. The van der Waals surface area contributed by atoms with E-state index in [0.717, 1.165) is 29.7 Å². The number of ether oxygens (including phenoxy) is 1. The monoisotopic (exact) mass is 783 g/mol. The Bertz CT molecular complexity index is 2310. The molecule has 260 valence electrons. The number of nitrogens with one attached hydrogen (secondary N) is 2. The number of halogens is 1. The smallest absolute Gasteiger partial charge is 0.846 e. The second-order valence-electron chi connectivity index (χ2n) is 9.53. The normalized spacial score (nSPS) is 12.3. The number of anilines is 3. The maximum absolute atomic E-state index is 14.1. The molecule has 1 heterocycles. The van der Waals surface area contributed by atoms with Gasteiger partial charge in [0.1, 0.15) is 20.7 Å². The molecule has 4 rings (SSSR count). The van der Waals surface area contributed by atoms with E-state index in [-0.39, 0.29) is 130 Å². The number of hydrogen-bond donors (Lipinski definition) is 4. The number of azo groups is 1. The van der Waals surface area contributed by atoms with Crippen LogP contribution in [0.2, 0.25) is 0 Å². The summed E-state index contributed by atoms with van der Waals surface area (Å²) in [5.74, 6) is -0.744. The second-order valence-corrected chi connectivity index (χ2v) is 14.3. The third-order valence-electron chi connectivity index (χ3n) is 6.09. The van der Waals surface area contributed by atoms with E-state index in [2.05, 4.69) is 47.4 Å². The molecule has 1 aromatic heterocycles. The van der Waals surface area contributed by atoms with Crippen LogP contribution < -0.4 is 80.6 Å². The van der Waals surface area contributed by atoms with Crippen molar-refractivity contribution in [2.45, 2.75) is 9.79 Å². The van der Waals surface area contributed by atoms with Gasteiger partial charge in [-0.05, 0) is 36.4 Å². The largest absolute Gasteiger partial charge is 1.00 e. The van der Waals surface area contributed by atoms with E-state index in [4.69, 9.17) is 10.5 Å². The van der Waals surface area contributed by atoms with Crippen molar-refractivity contribution in [2.75, 3.05) is 36.1 Å². The molecule has 51 heavy (non-hydrogen) atoms. The Labute approximate surface area is 334 Å². The van der Waals surface area contributed by atoms with Gasteiger partial charge in [0.15, 0.2) is 9.84 Å². The number of sulfone groups is 1. The maximum Gasteiger partial charge on any atom is 1.00 e. The first kappa shape index (κ1) is 44.0. The quantitative estimate of drug-likeness (QED) is 0.0222. The summed E-state index contributed by atoms with van der Waals surface area (Å²) in [6.07, 6.45) is -1.17. The van der Waals surface area contributed by atoms with Gasteiger partial charge in [0, 0.05) is 28.4 Å². The summed E-state index contributed by atoms with van der Waals surface area (Å²) in [4.78, 5) is 13.2. The zero-order valence-electron chi connectivity index (χ0n) is 26.7. The van der Waals surface area contributed by atoms with E-state index in [1.54, 1.807) is 0 Å². The molecule has 0 fully saturated rings. The molecule has 19 nitrogen and oxygen atoms in total. The average molecular weight is 784 g/mol. The molecule has 0 unspecified atom stereocenters. The van der Waals surface area contributed by atoms with E-state index in [9.17, 15) is 43.9 Å². The van der Waals surface area contributed by atoms with E-state index < -0.39 is 52.0 Å². The summed E-state index contributed by atoms with van der Waals surface area (Å²) < 4.78 is 112. The van der Waals surface area contributed by atoms with Gasteiger partial charge in [0.05, 0.1) is 41.3 Å². The van der Waals surface area contributed by atoms with Crippen LogP contribution >= 0.6 is 0 Å². The van der Waals surface area contributed by atoms with Crippen molar-refractivity contribution in [3.05, 3.63) is 66.6 Å². The van der Waals surface area contributed by atoms with Crippen molar-refractivity contribution in [2.24, 2.45) is 21.0 Å². The summed E-state index contributed by atoms with van der Waals surface area (Å²) >= 11 is 0. The number of aromatic nitrogens is 3. The molecular formula is C26H24FN9Na2O10S3. The van der Waals surface area contributed by atoms with Crippen LogP contribution in [0.3, 0.4) is 0 Å². The van der Waals surface area contributed by atoms with Crippen molar-refractivity contribution in [1.82, 2.24) is 15.0 Å². The van der Waals surface area contributed by atoms with Crippen LogP contribution in [0.15, 0.2) is 85.5 Å². The van der Waals surface area contributed by atoms with Crippen molar-refractivity contribution in [1.29, 1.82) is 0 Å². The fraction of sp³-hybridized carbons (Fsp3) is 0.154. The third-order valence-corrected chi connectivity index (χ3v) is 9.12. The number of nitrogens with two attached hydrogens (primary N) is 1. The Hall–Kier alpha value is -3.20. The van der Waals surface area contributed by atoms with Crippen molar-refractivity contribution < 1.29 is 108 Å². The Balaban J connectivity index is 0.00000451. The number of hydrogen-bond acceptors (Lipinski definition) is 17. The Morgan fingerprint density at radius 2 is 1.65 bits per heavy atom. The SMILES string of the molecule is C=CS(=O)(=O)CCOCCNc1nc(F)nc(Nc2ccc(N=Nc3cc(S(=O)(=O)O)c4cccc(S(=O)(=O)[O-])c4c3)c(N=C(N)[O-])c2)n1.[Na+].[Na+]. The molecule has 3 aromatic carbocycles. The molecule has 0 spiro atoms. The summed E-state index contributed by atoms with van der Waals surface area (Å²) in [6, 6.07) is 7.89. The Kier molecular flexibility index (Phi) is 16.0. The number of nitrogens with zero attached hydrogens (tertiary/aromatic N) is 6. The molecule has 0 aliphatic heterocycles. The van der Waals surface area contributed by atoms with Gasteiger partial charge in [0.25, 0.3) is 10.1 Å². The van der Waals surface area contributed by atoms with E-state index in [1.807, 2.05) is 0 Å². The van der Waals surface area contributed by atoms with E-state index in [1.165, 1.54) is 24.3 Å². The summed E-state index contributed by atoms with van der Waals surface area (Å²) in [6.45, 7) is 3.22. The summed E-state index contributed by atoms with van der Waals surface area (Å²) in [5, 5.41) is 25.0. The topological polar surface area (TPSA) is 304 Å². The molecule has 0 radical (unpaired) electrons. The molecular weight excluding hydrogens is 760 g/mol. The van der Waals surface area contributed by atoms with E-state index in [0.29, 0.717) is 0 Å². The third kappa shape index (κ3) is 12.8.